The molecule has 10 nitrogen and oxygen atoms in total. The lowest BCUT2D eigenvalue weighted by atomic mass is 9.82. The summed E-state index contributed by atoms with van der Waals surface area (Å²) in [4.78, 5) is 39.8. The molecule has 4 rings (SSSR count). The van der Waals surface area contributed by atoms with Crippen LogP contribution in [0.15, 0.2) is 83.8 Å². The molecule has 0 atom stereocenters. The van der Waals surface area contributed by atoms with Gasteiger partial charge in [-0.1, -0.05) is 60.7 Å². The van der Waals surface area contributed by atoms with Crippen molar-refractivity contribution in [1.29, 1.82) is 0 Å². The number of nitrogens with two attached hydrogens (primary N) is 1. The van der Waals surface area contributed by atoms with E-state index in [0.717, 1.165) is 11.0 Å². The van der Waals surface area contributed by atoms with Crippen molar-refractivity contribution < 1.29 is 27.5 Å². The number of nitrogens with zero attached hydrogens (tertiary/aromatic N) is 1. The Morgan fingerprint density at radius 2 is 1.57 bits per heavy atom. The number of methoxy groups -OCH3 is 1. The minimum Gasteiger partial charge on any atom is -0.495 e. The summed E-state index contributed by atoms with van der Waals surface area (Å²) in [6.07, 6.45) is 0. The molecule has 0 spiro atoms. The van der Waals surface area contributed by atoms with Gasteiger partial charge in [-0.2, -0.15) is 0 Å². The number of carbonyl (C=O) groups is 3. The Bertz CT molecular complexity index is 1350. The van der Waals surface area contributed by atoms with Crippen molar-refractivity contribution in [2.75, 3.05) is 19.0 Å². The highest BCUT2D eigenvalue weighted by molar-refractivity contribution is 7.89. The molecule has 0 bridgehead atoms. The summed E-state index contributed by atoms with van der Waals surface area (Å²) in [6, 6.07) is 20.6. The topological polar surface area (TPSA) is 148 Å². The number of amides is 4. The van der Waals surface area contributed by atoms with Crippen molar-refractivity contribution in [1.82, 2.24) is 10.2 Å². The molecule has 1 fully saturated rings. The van der Waals surface area contributed by atoms with Gasteiger partial charge in [0.05, 0.1) is 7.11 Å². The average Bonchev–Trinajstić information content (AvgIpc) is 3.10. The second-order valence-electron chi connectivity index (χ2n) is 7.76. The van der Waals surface area contributed by atoms with Gasteiger partial charge < -0.3 is 15.4 Å². The van der Waals surface area contributed by atoms with Crippen LogP contribution in [0, 0.1) is 0 Å². The molecule has 0 aliphatic carbocycles. The Hall–Kier alpha value is -4.22. The first-order chi connectivity index (χ1) is 16.7. The van der Waals surface area contributed by atoms with Crippen LogP contribution in [0.2, 0.25) is 0 Å². The minimum atomic E-state index is -4.13. The first kappa shape index (κ1) is 23.9. The normalized spacial score (nSPS) is 15.0. The summed E-state index contributed by atoms with van der Waals surface area (Å²) in [7, 11) is -2.84. The number of sulfonamides is 1. The Morgan fingerprint density at radius 1 is 1.00 bits per heavy atom. The van der Waals surface area contributed by atoms with Crippen molar-refractivity contribution in [2.45, 2.75) is 10.4 Å². The Balaban J connectivity index is 1.62. The van der Waals surface area contributed by atoms with E-state index in [1.165, 1.54) is 19.2 Å². The van der Waals surface area contributed by atoms with Gasteiger partial charge in [0, 0.05) is 5.69 Å². The number of benzene rings is 3. The lowest BCUT2D eigenvalue weighted by Crippen LogP contribution is -2.45. The van der Waals surface area contributed by atoms with E-state index >= 15 is 0 Å². The molecule has 11 heteroatoms. The van der Waals surface area contributed by atoms with Gasteiger partial charge in [0.2, 0.25) is 15.9 Å². The molecule has 3 aromatic rings. The van der Waals surface area contributed by atoms with Crippen molar-refractivity contribution in [3.63, 3.8) is 0 Å². The third kappa shape index (κ3) is 4.46. The van der Waals surface area contributed by atoms with E-state index in [4.69, 9.17) is 9.88 Å². The second-order valence-corrected chi connectivity index (χ2v) is 9.29. The number of primary sulfonamides is 1. The van der Waals surface area contributed by atoms with Gasteiger partial charge in [0.25, 0.3) is 5.91 Å². The lowest BCUT2D eigenvalue weighted by Gasteiger charge is -2.28. The molecule has 1 aliphatic rings. The fourth-order valence-electron chi connectivity index (χ4n) is 3.97. The fourth-order valence-corrected chi connectivity index (χ4v) is 4.70. The molecule has 180 valence electrons. The third-order valence-electron chi connectivity index (χ3n) is 5.57. The SMILES string of the molecule is COc1ccc(NC(=O)CN2C(=O)NC(c3ccccc3)(c3ccccc3)C2=O)cc1S(N)(=O)=O. The molecule has 0 radical (unpaired) electrons. The molecular weight excluding hydrogens is 472 g/mol. The van der Waals surface area contributed by atoms with E-state index in [1.807, 2.05) is 0 Å². The summed E-state index contributed by atoms with van der Waals surface area (Å²) in [5.74, 6) is -1.32. The molecule has 1 aliphatic heterocycles. The zero-order valence-corrected chi connectivity index (χ0v) is 19.4. The summed E-state index contributed by atoms with van der Waals surface area (Å²) in [5.41, 5.74) is -0.314. The molecule has 35 heavy (non-hydrogen) atoms. The summed E-state index contributed by atoms with van der Waals surface area (Å²) in [6.45, 7) is -0.594. The highest BCUT2D eigenvalue weighted by atomic mass is 32.2. The number of imide groups is 1. The minimum absolute atomic E-state index is 0.00935. The largest absolute Gasteiger partial charge is 0.495 e. The summed E-state index contributed by atoms with van der Waals surface area (Å²) < 4.78 is 28.7. The molecule has 0 saturated carbocycles. The average molecular weight is 495 g/mol. The van der Waals surface area contributed by atoms with Crippen LogP contribution < -0.4 is 20.5 Å². The van der Waals surface area contributed by atoms with E-state index in [9.17, 15) is 22.8 Å². The summed E-state index contributed by atoms with van der Waals surface area (Å²) >= 11 is 0. The van der Waals surface area contributed by atoms with E-state index in [0.29, 0.717) is 11.1 Å². The van der Waals surface area contributed by atoms with E-state index in [2.05, 4.69) is 10.6 Å². The molecular formula is C24H22N4O6S. The lowest BCUT2D eigenvalue weighted by molar-refractivity contribution is -0.133. The zero-order valence-electron chi connectivity index (χ0n) is 18.6. The van der Waals surface area contributed by atoms with Crippen LogP contribution in [-0.4, -0.2) is 44.8 Å². The summed E-state index contributed by atoms with van der Waals surface area (Å²) in [5, 5.41) is 10.5. The first-order valence-corrected chi connectivity index (χ1v) is 12.0. The Morgan fingerprint density at radius 3 is 2.09 bits per heavy atom. The van der Waals surface area contributed by atoms with Gasteiger partial charge in [-0.15, -0.1) is 0 Å². The number of ether oxygens (including phenoxy) is 1. The number of anilines is 1. The quantitative estimate of drug-likeness (QED) is 0.427. The molecule has 3 aromatic carbocycles. The van der Waals surface area contributed by atoms with Gasteiger partial charge >= 0.3 is 6.03 Å². The van der Waals surface area contributed by atoms with Gasteiger partial charge in [0.15, 0.2) is 5.54 Å². The van der Waals surface area contributed by atoms with Crippen LogP contribution in [0.5, 0.6) is 5.75 Å². The van der Waals surface area contributed by atoms with Gasteiger partial charge in [-0.25, -0.2) is 18.4 Å². The Labute approximate surface area is 201 Å². The van der Waals surface area contributed by atoms with Crippen LogP contribution >= 0.6 is 0 Å². The van der Waals surface area contributed by atoms with Crippen LogP contribution in [0.3, 0.4) is 0 Å². The highest BCUT2D eigenvalue weighted by Gasteiger charge is 2.54. The van der Waals surface area contributed by atoms with Crippen LogP contribution in [0.25, 0.3) is 0 Å². The van der Waals surface area contributed by atoms with Crippen molar-refractivity contribution >= 4 is 33.6 Å². The van der Waals surface area contributed by atoms with Crippen molar-refractivity contribution in [3.8, 4) is 5.75 Å². The predicted molar refractivity (Wildman–Crippen MR) is 127 cm³/mol. The third-order valence-corrected chi connectivity index (χ3v) is 6.51. The number of urea groups is 1. The van der Waals surface area contributed by atoms with E-state index in [1.54, 1.807) is 60.7 Å². The van der Waals surface area contributed by atoms with Crippen LogP contribution in [0.1, 0.15) is 11.1 Å². The molecule has 1 saturated heterocycles. The van der Waals surface area contributed by atoms with E-state index < -0.39 is 40.0 Å². The van der Waals surface area contributed by atoms with Gasteiger partial charge in [-0.3, -0.25) is 14.5 Å². The molecule has 0 unspecified atom stereocenters. The highest BCUT2D eigenvalue weighted by Crippen LogP contribution is 2.36. The first-order valence-electron chi connectivity index (χ1n) is 10.4. The number of hydrogen-bond donors (Lipinski definition) is 3. The van der Waals surface area contributed by atoms with E-state index in [-0.39, 0.29) is 16.3 Å². The number of rotatable bonds is 7. The molecule has 4 amide bonds. The smallest absolute Gasteiger partial charge is 0.326 e. The zero-order chi connectivity index (χ0) is 25.2. The Kier molecular flexibility index (Phi) is 6.29. The predicted octanol–water partition coefficient (Wildman–Crippen LogP) is 1.78. The number of carbonyl (C=O) groups excluding carboxylic acids is 3. The second kappa shape index (κ2) is 9.20. The number of nitrogens with one attached hydrogen (secondary N) is 2. The number of hydrogen-bond acceptors (Lipinski definition) is 6. The standard InChI is InChI=1S/C24H22N4O6S/c1-34-19-13-12-18(14-20(19)35(25,32)33)26-21(29)15-28-22(30)24(27-23(28)31,16-8-4-2-5-9-16)17-10-6-3-7-11-17/h2-14H,15H2,1H3,(H,26,29)(H,27,31)(H2,25,32,33). The van der Waals surface area contributed by atoms with Crippen LogP contribution in [0.4, 0.5) is 10.5 Å². The maximum atomic E-state index is 13.6. The van der Waals surface area contributed by atoms with Crippen LogP contribution in [-0.2, 0) is 25.2 Å². The monoisotopic (exact) mass is 494 g/mol. The van der Waals surface area contributed by atoms with Crippen molar-refractivity contribution in [2.24, 2.45) is 5.14 Å². The van der Waals surface area contributed by atoms with Crippen molar-refractivity contribution in [3.05, 3.63) is 90.0 Å². The van der Waals surface area contributed by atoms with Gasteiger partial charge in [0.1, 0.15) is 17.2 Å². The maximum absolute atomic E-state index is 13.6. The maximum Gasteiger partial charge on any atom is 0.326 e. The van der Waals surface area contributed by atoms with Gasteiger partial charge in [-0.05, 0) is 29.3 Å². The molecule has 1 heterocycles. The molecule has 0 aromatic heterocycles. The molecule has 4 N–H and O–H groups in total. The fraction of sp³-hybridized carbons (Fsp3) is 0.125.